The van der Waals surface area contributed by atoms with Gasteiger partial charge in [-0.05, 0) is 49.4 Å². The van der Waals surface area contributed by atoms with Gasteiger partial charge in [-0.25, -0.2) is 0 Å². The van der Waals surface area contributed by atoms with E-state index >= 15 is 0 Å². The van der Waals surface area contributed by atoms with Gasteiger partial charge in [0.15, 0.2) is 0 Å². The second-order valence-electron chi connectivity index (χ2n) is 7.17. The lowest BCUT2D eigenvalue weighted by atomic mass is 10.1. The third-order valence-corrected chi connectivity index (χ3v) is 5.39. The number of nitrogens with zero attached hydrogens (tertiary/aromatic N) is 2. The van der Waals surface area contributed by atoms with E-state index in [1.807, 2.05) is 36.4 Å². The highest BCUT2D eigenvalue weighted by molar-refractivity contribution is 6.33. The molecule has 0 aliphatic carbocycles. The van der Waals surface area contributed by atoms with Gasteiger partial charge < -0.3 is 14.7 Å². The molecule has 0 atom stereocenters. The fourth-order valence-electron chi connectivity index (χ4n) is 3.33. The van der Waals surface area contributed by atoms with Crippen LogP contribution in [0.25, 0.3) is 11.3 Å². The molecule has 2 amide bonds. The Morgan fingerprint density at radius 1 is 0.938 bits per heavy atom. The van der Waals surface area contributed by atoms with Crippen LogP contribution in [-0.2, 0) is 0 Å². The number of halogens is 1. The third kappa shape index (κ3) is 4.26. The maximum Gasteiger partial charge on any atom is 0.261 e. The summed E-state index contributed by atoms with van der Waals surface area (Å²) < 4.78 is 5.26. The normalized spacial score (nSPS) is 10.6. The topological polar surface area (TPSA) is 75.4 Å². The molecule has 1 heterocycles. The average Bonchev–Trinajstić information content (AvgIpc) is 3.20. The highest BCUT2D eigenvalue weighted by Crippen LogP contribution is 2.31. The van der Waals surface area contributed by atoms with Crippen molar-refractivity contribution in [2.45, 2.75) is 6.92 Å². The van der Waals surface area contributed by atoms with Gasteiger partial charge in [-0.2, -0.15) is 0 Å². The monoisotopic (exact) mass is 445 g/mol. The van der Waals surface area contributed by atoms with Crippen LogP contribution in [0.1, 0.15) is 26.5 Å². The first kappa shape index (κ1) is 21.3. The maximum atomic E-state index is 13.0. The SMILES string of the molecule is Cc1onc(-c2ccccc2Cl)c1C(=O)Nc1ccc(C(=O)N(C)c2ccccc2)cc1. The predicted molar refractivity (Wildman–Crippen MR) is 125 cm³/mol. The Morgan fingerprint density at radius 3 is 2.28 bits per heavy atom. The molecular formula is C25H20ClN3O3. The number of aromatic nitrogens is 1. The van der Waals surface area contributed by atoms with Crippen molar-refractivity contribution in [1.29, 1.82) is 0 Å². The lowest BCUT2D eigenvalue weighted by Gasteiger charge is -2.17. The van der Waals surface area contributed by atoms with Crippen LogP contribution in [0.4, 0.5) is 11.4 Å². The van der Waals surface area contributed by atoms with E-state index in [0.29, 0.717) is 38.9 Å². The summed E-state index contributed by atoms with van der Waals surface area (Å²) in [6, 6.07) is 23.2. The molecule has 0 spiro atoms. The van der Waals surface area contributed by atoms with Crippen molar-refractivity contribution in [3.63, 3.8) is 0 Å². The Morgan fingerprint density at radius 2 is 1.59 bits per heavy atom. The van der Waals surface area contributed by atoms with E-state index in [1.54, 1.807) is 61.3 Å². The fourth-order valence-corrected chi connectivity index (χ4v) is 3.55. The number of aryl methyl sites for hydroxylation is 1. The van der Waals surface area contributed by atoms with Gasteiger partial charge in [0, 0.05) is 29.5 Å². The van der Waals surface area contributed by atoms with Crippen LogP contribution in [0.2, 0.25) is 5.02 Å². The van der Waals surface area contributed by atoms with E-state index in [4.69, 9.17) is 16.1 Å². The Hall–Kier alpha value is -3.90. The smallest absolute Gasteiger partial charge is 0.261 e. The molecule has 7 heteroatoms. The Kier molecular flexibility index (Phi) is 6.05. The maximum absolute atomic E-state index is 13.0. The minimum absolute atomic E-state index is 0.148. The quantitative estimate of drug-likeness (QED) is 0.419. The van der Waals surface area contributed by atoms with Crippen molar-refractivity contribution in [2.75, 3.05) is 17.3 Å². The molecule has 6 nitrogen and oxygen atoms in total. The van der Waals surface area contributed by atoms with Crippen LogP contribution in [0.5, 0.6) is 0 Å². The molecule has 32 heavy (non-hydrogen) atoms. The number of nitrogens with one attached hydrogen (secondary N) is 1. The number of para-hydroxylation sites is 1. The summed E-state index contributed by atoms with van der Waals surface area (Å²) >= 11 is 6.27. The first-order valence-corrected chi connectivity index (χ1v) is 10.3. The third-order valence-electron chi connectivity index (χ3n) is 5.06. The summed E-state index contributed by atoms with van der Waals surface area (Å²) in [5, 5.41) is 7.33. The summed E-state index contributed by atoms with van der Waals surface area (Å²) in [6.45, 7) is 1.67. The Bertz CT molecular complexity index is 1270. The van der Waals surface area contributed by atoms with Crippen molar-refractivity contribution in [1.82, 2.24) is 5.16 Å². The van der Waals surface area contributed by atoms with E-state index in [1.165, 1.54) is 0 Å². The van der Waals surface area contributed by atoms with Crippen LogP contribution >= 0.6 is 11.6 Å². The van der Waals surface area contributed by atoms with Gasteiger partial charge in [0.25, 0.3) is 11.8 Å². The number of benzene rings is 3. The molecule has 4 aromatic rings. The Labute approximate surface area is 190 Å². The molecule has 0 bridgehead atoms. The van der Waals surface area contributed by atoms with E-state index in [-0.39, 0.29) is 11.8 Å². The van der Waals surface area contributed by atoms with Gasteiger partial charge in [0.05, 0.1) is 5.02 Å². The van der Waals surface area contributed by atoms with Gasteiger partial charge in [-0.3, -0.25) is 9.59 Å². The highest BCUT2D eigenvalue weighted by Gasteiger charge is 2.23. The van der Waals surface area contributed by atoms with Crippen LogP contribution in [-0.4, -0.2) is 24.0 Å². The first-order chi connectivity index (χ1) is 15.5. The van der Waals surface area contributed by atoms with E-state index in [2.05, 4.69) is 10.5 Å². The van der Waals surface area contributed by atoms with Crippen LogP contribution in [0, 0.1) is 6.92 Å². The summed E-state index contributed by atoms with van der Waals surface area (Å²) in [4.78, 5) is 27.3. The molecule has 0 aliphatic rings. The number of amides is 2. The molecule has 0 saturated carbocycles. The van der Waals surface area contributed by atoms with Crippen LogP contribution in [0.3, 0.4) is 0 Å². The molecule has 0 fully saturated rings. The molecule has 160 valence electrons. The van der Waals surface area contributed by atoms with Crippen molar-refractivity contribution in [3.8, 4) is 11.3 Å². The molecule has 1 N–H and O–H groups in total. The zero-order valence-electron chi connectivity index (χ0n) is 17.5. The summed E-state index contributed by atoms with van der Waals surface area (Å²) in [7, 11) is 1.72. The largest absolute Gasteiger partial charge is 0.360 e. The number of rotatable bonds is 5. The second-order valence-corrected chi connectivity index (χ2v) is 7.58. The number of hydrogen-bond acceptors (Lipinski definition) is 4. The number of hydrogen-bond donors (Lipinski definition) is 1. The predicted octanol–water partition coefficient (Wildman–Crippen LogP) is 5.83. The van der Waals surface area contributed by atoms with Crippen molar-refractivity contribution in [2.24, 2.45) is 0 Å². The van der Waals surface area contributed by atoms with E-state index in [0.717, 1.165) is 5.69 Å². The van der Waals surface area contributed by atoms with Gasteiger partial charge in [-0.1, -0.05) is 53.2 Å². The van der Waals surface area contributed by atoms with E-state index < -0.39 is 0 Å². The fraction of sp³-hybridized carbons (Fsp3) is 0.0800. The minimum Gasteiger partial charge on any atom is -0.360 e. The van der Waals surface area contributed by atoms with Crippen molar-refractivity contribution in [3.05, 3.63) is 101 Å². The summed E-state index contributed by atoms with van der Waals surface area (Å²) in [5.41, 5.74) is 3.14. The number of carbonyl (C=O) groups excluding carboxylic acids is 2. The summed E-state index contributed by atoms with van der Waals surface area (Å²) in [6.07, 6.45) is 0. The standard InChI is InChI=1S/C25H20ClN3O3/c1-16-22(23(28-32-16)20-10-6-7-11-21(20)26)24(30)27-18-14-12-17(13-15-18)25(31)29(2)19-8-4-3-5-9-19/h3-15H,1-2H3,(H,27,30). The zero-order chi connectivity index (χ0) is 22.7. The molecule has 0 aliphatic heterocycles. The Balaban J connectivity index is 1.53. The zero-order valence-corrected chi connectivity index (χ0v) is 18.3. The van der Waals surface area contributed by atoms with E-state index in [9.17, 15) is 9.59 Å². The van der Waals surface area contributed by atoms with Gasteiger partial charge in [-0.15, -0.1) is 0 Å². The average molecular weight is 446 g/mol. The molecule has 1 aromatic heterocycles. The molecule has 0 saturated heterocycles. The molecular weight excluding hydrogens is 426 g/mol. The highest BCUT2D eigenvalue weighted by atomic mass is 35.5. The lowest BCUT2D eigenvalue weighted by molar-refractivity contribution is 0.0991. The molecule has 4 rings (SSSR count). The van der Waals surface area contributed by atoms with Crippen LogP contribution in [0.15, 0.2) is 83.4 Å². The summed E-state index contributed by atoms with van der Waals surface area (Å²) in [5.74, 6) is -0.141. The number of carbonyl (C=O) groups is 2. The van der Waals surface area contributed by atoms with Gasteiger partial charge in [0.1, 0.15) is 17.0 Å². The van der Waals surface area contributed by atoms with Gasteiger partial charge >= 0.3 is 0 Å². The number of anilines is 2. The minimum atomic E-state index is -0.376. The molecule has 3 aromatic carbocycles. The molecule has 0 radical (unpaired) electrons. The molecule has 0 unspecified atom stereocenters. The second kappa shape index (κ2) is 9.08. The van der Waals surface area contributed by atoms with Crippen molar-refractivity contribution < 1.29 is 14.1 Å². The van der Waals surface area contributed by atoms with Crippen molar-refractivity contribution >= 4 is 34.8 Å². The first-order valence-electron chi connectivity index (χ1n) is 9.91. The van der Waals surface area contributed by atoms with Gasteiger partial charge in [0.2, 0.25) is 0 Å². The lowest BCUT2D eigenvalue weighted by Crippen LogP contribution is -2.26. The van der Waals surface area contributed by atoms with Crippen LogP contribution < -0.4 is 10.2 Å².